The summed E-state index contributed by atoms with van der Waals surface area (Å²) in [5.74, 6) is 1.53. The van der Waals surface area contributed by atoms with Crippen LogP contribution in [0.3, 0.4) is 0 Å². The number of sulfone groups is 1. The van der Waals surface area contributed by atoms with Crippen molar-refractivity contribution in [3.05, 3.63) is 59.7 Å². The first-order valence-corrected chi connectivity index (χ1v) is 10.6. The number of nitrogens with zero attached hydrogens (tertiary/aromatic N) is 1. The molecule has 0 fully saturated rings. The molecule has 0 unspecified atom stereocenters. The standard InChI is InChI=1S/C19H23N3O3S/c1-26(23,24)13-12-25-18-8-4-16(5-9-18)14-15-2-6-17(7-3-15)22-19-20-10-11-21-19/h2-9H,10-14H2,1H3,(H2,20,21,22). The molecule has 0 spiro atoms. The van der Waals surface area contributed by atoms with Gasteiger partial charge in [0.15, 0.2) is 15.8 Å². The van der Waals surface area contributed by atoms with Gasteiger partial charge in [0.1, 0.15) is 12.4 Å². The van der Waals surface area contributed by atoms with Gasteiger partial charge in [-0.05, 0) is 41.8 Å². The van der Waals surface area contributed by atoms with Gasteiger partial charge in [0.05, 0.1) is 12.3 Å². The van der Waals surface area contributed by atoms with Gasteiger partial charge in [0.25, 0.3) is 0 Å². The molecule has 6 nitrogen and oxygen atoms in total. The van der Waals surface area contributed by atoms with Crippen LogP contribution in [0.15, 0.2) is 53.5 Å². The molecule has 7 heteroatoms. The molecule has 3 rings (SSSR count). The molecule has 1 heterocycles. The van der Waals surface area contributed by atoms with Gasteiger partial charge in [0, 0.05) is 18.5 Å². The average Bonchev–Trinajstić information content (AvgIpc) is 3.10. The Kier molecular flexibility index (Phi) is 5.78. The number of nitrogens with one attached hydrogen (secondary N) is 2. The zero-order valence-electron chi connectivity index (χ0n) is 14.7. The molecular formula is C19H23N3O3S. The molecule has 2 aromatic carbocycles. The number of benzene rings is 2. The Hall–Kier alpha value is -2.54. The van der Waals surface area contributed by atoms with Gasteiger partial charge in [-0.25, -0.2) is 8.42 Å². The topological polar surface area (TPSA) is 79.8 Å². The van der Waals surface area contributed by atoms with Crippen LogP contribution >= 0.6 is 0 Å². The molecule has 0 saturated carbocycles. The lowest BCUT2D eigenvalue weighted by molar-refractivity contribution is 0.341. The van der Waals surface area contributed by atoms with Crippen molar-refractivity contribution >= 4 is 21.5 Å². The quantitative estimate of drug-likeness (QED) is 0.777. The Labute approximate surface area is 154 Å². The van der Waals surface area contributed by atoms with Gasteiger partial charge in [-0.3, -0.25) is 4.99 Å². The van der Waals surface area contributed by atoms with E-state index in [9.17, 15) is 8.42 Å². The zero-order valence-corrected chi connectivity index (χ0v) is 15.6. The van der Waals surface area contributed by atoms with Gasteiger partial charge in [-0.2, -0.15) is 0 Å². The van der Waals surface area contributed by atoms with Crippen molar-refractivity contribution < 1.29 is 13.2 Å². The van der Waals surface area contributed by atoms with E-state index < -0.39 is 9.84 Å². The van der Waals surface area contributed by atoms with Crippen LogP contribution in [0.2, 0.25) is 0 Å². The third kappa shape index (κ3) is 5.77. The van der Waals surface area contributed by atoms with Crippen LogP contribution in [0.1, 0.15) is 11.1 Å². The summed E-state index contributed by atoms with van der Waals surface area (Å²) in [7, 11) is -3.00. The molecule has 0 radical (unpaired) electrons. The lowest BCUT2D eigenvalue weighted by Gasteiger charge is -2.09. The van der Waals surface area contributed by atoms with Gasteiger partial charge >= 0.3 is 0 Å². The van der Waals surface area contributed by atoms with Crippen molar-refractivity contribution in [2.24, 2.45) is 4.99 Å². The predicted molar refractivity (Wildman–Crippen MR) is 105 cm³/mol. The molecule has 0 aromatic heterocycles. The van der Waals surface area contributed by atoms with E-state index in [1.54, 1.807) is 0 Å². The van der Waals surface area contributed by atoms with Crippen molar-refractivity contribution in [2.45, 2.75) is 6.42 Å². The summed E-state index contributed by atoms with van der Waals surface area (Å²) < 4.78 is 27.7. The average molecular weight is 373 g/mol. The Bertz CT molecular complexity index is 860. The lowest BCUT2D eigenvalue weighted by Crippen LogP contribution is -2.26. The second-order valence-corrected chi connectivity index (χ2v) is 8.54. The Morgan fingerprint density at radius 1 is 1.08 bits per heavy atom. The highest BCUT2D eigenvalue weighted by molar-refractivity contribution is 7.90. The summed E-state index contributed by atoms with van der Waals surface area (Å²) in [6.07, 6.45) is 2.03. The fourth-order valence-corrected chi connectivity index (χ4v) is 2.96. The minimum Gasteiger partial charge on any atom is -0.493 e. The summed E-state index contributed by atoms with van der Waals surface area (Å²) in [4.78, 5) is 4.31. The second-order valence-electron chi connectivity index (χ2n) is 6.28. The highest BCUT2D eigenvalue weighted by Gasteiger charge is 2.05. The number of ether oxygens (including phenoxy) is 1. The number of rotatable bonds is 7. The van der Waals surface area contributed by atoms with Crippen LogP contribution in [0.5, 0.6) is 5.75 Å². The highest BCUT2D eigenvalue weighted by Crippen LogP contribution is 2.17. The zero-order chi connectivity index (χ0) is 18.4. The third-order valence-electron chi connectivity index (χ3n) is 3.95. The van der Waals surface area contributed by atoms with Crippen LogP contribution in [0, 0.1) is 0 Å². The molecule has 0 bridgehead atoms. The van der Waals surface area contributed by atoms with Crippen LogP contribution < -0.4 is 15.4 Å². The van der Waals surface area contributed by atoms with Crippen LogP contribution in [-0.2, 0) is 16.3 Å². The molecule has 2 aromatic rings. The summed E-state index contributed by atoms with van der Waals surface area (Å²) in [6, 6.07) is 16.0. The number of aliphatic imine (C=N–C) groups is 1. The monoisotopic (exact) mass is 373 g/mol. The summed E-state index contributed by atoms with van der Waals surface area (Å²) in [5, 5.41) is 6.43. The van der Waals surface area contributed by atoms with Crippen molar-refractivity contribution in [1.82, 2.24) is 5.32 Å². The number of anilines is 1. The fourth-order valence-electron chi connectivity index (χ4n) is 2.57. The second kappa shape index (κ2) is 8.23. The molecule has 2 N–H and O–H groups in total. The first-order valence-electron chi connectivity index (χ1n) is 8.52. The van der Waals surface area contributed by atoms with Gasteiger partial charge in [-0.1, -0.05) is 24.3 Å². The first-order chi connectivity index (χ1) is 12.5. The van der Waals surface area contributed by atoms with E-state index in [1.807, 2.05) is 36.4 Å². The lowest BCUT2D eigenvalue weighted by atomic mass is 10.0. The van der Waals surface area contributed by atoms with Crippen molar-refractivity contribution in [3.63, 3.8) is 0 Å². The molecular weight excluding hydrogens is 350 g/mol. The minimum absolute atomic E-state index is 0.0249. The first kappa shape index (κ1) is 18.3. The van der Waals surface area contributed by atoms with E-state index in [-0.39, 0.29) is 12.4 Å². The van der Waals surface area contributed by atoms with Crippen molar-refractivity contribution in [2.75, 3.05) is 37.0 Å². The third-order valence-corrected chi connectivity index (χ3v) is 4.85. The van der Waals surface area contributed by atoms with E-state index in [2.05, 4.69) is 27.8 Å². The number of guanidine groups is 1. The molecule has 0 amide bonds. The normalized spacial score (nSPS) is 13.8. The smallest absolute Gasteiger partial charge is 0.195 e. The Balaban J connectivity index is 1.52. The highest BCUT2D eigenvalue weighted by atomic mass is 32.2. The van der Waals surface area contributed by atoms with Crippen LogP contribution in [0.4, 0.5) is 5.69 Å². The minimum atomic E-state index is -3.00. The predicted octanol–water partition coefficient (Wildman–Crippen LogP) is 2.07. The molecule has 0 atom stereocenters. The summed E-state index contributed by atoms with van der Waals surface area (Å²) in [6.45, 7) is 1.87. The SMILES string of the molecule is CS(=O)(=O)CCOc1ccc(Cc2ccc(NC3=NCCN3)cc2)cc1. The Morgan fingerprint density at radius 2 is 1.73 bits per heavy atom. The molecule has 0 saturated heterocycles. The maximum atomic E-state index is 11.1. The number of hydrogen-bond acceptors (Lipinski definition) is 6. The molecule has 1 aliphatic heterocycles. The van der Waals surface area contributed by atoms with Crippen molar-refractivity contribution in [1.29, 1.82) is 0 Å². The van der Waals surface area contributed by atoms with E-state index in [0.29, 0.717) is 5.75 Å². The van der Waals surface area contributed by atoms with Crippen LogP contribution in [-0.4, -0.2) is 46.1 Å². The molecule has 138 valence electrons. The molecule has 1 aliphatic rings. The maximum absolute atomic E-state index is 11.1. The van der Waals surface area contributed by atoms with E-state index in [0.717, 1.165) is 31.2 Å². The molecule has 0 aliphatic carbocycles. The van der Waals surface area contributed by atoms with Gasteiger partial charge in [-0.15, -0.1) is 0 Å². The van der Waals surface area contributed by atoms with E-state index >= 15 is 0 Å². The summed E-state index contributed by atoms with van der Waals surface area (Å²) in [5.41, 5.74) is 3.39. The van der Waals surface area contributed by atoms with Gasteiger partial charge in [0.2, 0.25) is 0 Å². The van der Waals surface area contributed by atoms with E-state index in [1.165, 1.54) is 17.4 Å². The Morgan fingerprint density at radius 3 is 2.31 bits per heavy atom. The molecule has 26 heavy (non-hydrogen) atoms. The number of hydrogen-bond donors (Lipinski definition) is 2. The van der Waals surface area contributed by atoms with Gasteiger partial charge < -0.3 is 15.4 Å². The van der Waals surface area contributed by atoms with Crippen molar-refractivity contribution in [3.8, 4) is 5.75 Å². The largest absolute Gasteiger partial charge is 0.493 e. The summed E-state index contributed by atoms with van der Waals surface area (Å²) >= 11 is 0. The maximum Gasteiger partial charge on any atom is 0.195 e. The van der Waals surface area contributed by atoms with E-state index in [4.69, 9.17) is 4.74 Å². The van der Waals surface area contributed by atoms with Crippen LogP contribution in [0.25, 0.3) is 0 Å². The fraction of sp³-hybridized carbons (Fsp3) is 0.316.